The summed E-state index contributed by atoms with van der Waals surface area (Å²) in [7, 11) is 1.83. The molecule has 1 aliphatic rings. The van der Waals surface area contributed by atoms with E-state index in [0.29, 0.717) is 17.9 Å². The Labute approximate surface area is 115 Å². The Bertz CT molecular complexity index is 398. The molecule has 106 valence electrons. The second-order valence-corrected chi connectivity index (χ2v) is 4.83. The van der Waals surface area contributed by atoms with Crippen molar-refractivity contribution in [1.82, 2.24) is 15.0 Å². The highest BCUT2D eigenvalue weighted by atomic mass is 15.3. The number of nitrogens with zero attached hydrogens (tertiary/aromatic N) is 4. The second kappa shape index (κ2) is 6.54. The Balaban J connectivity index is 2.19. The minimum atomic E-state index is 0.511. The highest BCUT2D eigenvalue weighted by Crippen LogP contribution is 2.22. The highest BCUT2D eigenvalue weighted by Gasteiger charge is 2.17. The summed E-state index contributed by atoms with van der Waals surface area (Å²) in [6.45, 7) is 6.01. The highest BCUT2D eigenvalue weighted by molar-refractivity contribution is 5.43. The zero-order chi connectivity index (χ0) is 13.7. The zero-order valence-electron chi connectivity index (χ0n) is 12.1. The number of hydrogen-bond acceptors (Lipinski definition) is 6. The van der Waals surface area contributed by atoms with Crippen LogP contribution in [0.1, 0.15) is 39.5 Å². The Hall–Kier alpha value is -1.59. The van der Waals surface area contributed by atoms with Gasteiger partial charge in [-0.15, -0.1) is 0 Å². The first-order chi connectivity index (χ1) is 9.26. The van der Waals surface area contributed by atoms with Crippen molar-refractivity contribution in [2.75, 3.05) is 35.7 Å². The minimum Gasteiger partial charge on any atom is -0.357 e. The first kappa shape index (κ1) is 13.8. The van der Waals surface area contributed by atoms with Crippen molar-refractivity contribution in [2.24, 2.45) is 0 Å². The standard InChI is InChI=1S/C13H24N6/c1-4-19(5-2)13-17-11(14-3)16-12(18-13)15-10-8-6-7-9-10/h10H,4-9H2,1-3H3,(H2,14,15,16,17,18). The quantitative estimate of drug-likeness (QED) is 0.820. The molecule has 0 saturated heterocycles. The van der Waals surface area contributed by atoms with E-state index in [1.807, 2.05) is 7.05 Å². The van der Waals surface area contributed by atoms with Gasteiger partial charge in [0.15, 0.2) is 0 Å². The molecule has 1 aromatic heterocycles. The molecule has 0 aliphatic heterocycles. The van der Waals surface area contributed by atoms with Crippen molar-refractivity contribution < 1.29 is 0 Å². The number of rotatable bonds is 6. The average Bonchev–Trinajstić information content (AvgIpc) is 2.93. The molecule has 0 bridgehead atoms. The van der Waals surface area contributed by atoms with Crippen LogP contribution in [0.15, 0.2) is 0 Å². The van der Waals surface area contributed by atoms with Crippen LogP contribution >= 0.6 is 0 Å². The van der Waals surface area contributed by atoms with E-state index >= 15 is 0 Å². The fourth-order valence-corrected chi connectivity index (χ4v) is 2.44. The van der Waals surface area contributed by atoms with E-state index in [9.17, 15) is 0 Å². The number of anilines is 3. The van der Waals surface area contributed by atoms with Crippen LogP contribution in [0, 0.1) is 0 Å². The molecule has 6 nitrogen and oxygen atoms in total. The summed E-state index contributed by atoms with van der Waals surface area (Å²) in [5.41, 5.74) is 0. The summed E-state index contributed by atoms with van der Waals surface area (Å²) < 4.78 is 0. The third kappa shape index (κ3) is 3.45. The molecule has 0 aromatic carbocycles. The molecular weight excluding hydrogens is 240 g/mol. The van der Waals surface area contributed by atoms with Gasteiger partial charge in [-0.2, -0.15) is 15.0 Å². The van der Waals surface area contributed by atoms with Gasteiger partial charge in [-0.1, -0.05) is 12.8 Å². The lowest BCUT2D eigenvalue weighted by atomic mass is 10.3. The lowest BCUT2D eigenvalue weighted by molar-refractivity contribution is 0.738. The molecule has 0 spiro atoms. The maximum Gasteiger partial charge on any atom is 0.231 e. The smallest absolute Gasteiger partial charge is 0.231 e. The van der Waals surface area contributed by atoms with Gasteiger partial charge in [0.05, 0.1) is 0 Å². The molecule has 0 radical (unpaired) electrons. The third-order valence-electron chi connectivity index (χ3n) is 3.58. The Morgan fingerprint density at radius 2 is 1.68 bits per heavy atom. The molecule has 0 unspecified atom stereocenters. The predicted octanol–water partition coefficient (Wildman–Crippen LogP) is 2.11. The molecule has 0 amide bonds. The molecule has 1 aliphatic carbocycles. The van der Waals surface area contributed by atoms with Crippen molar-refractivity contribution in [2.45, 2.75) is 45.6 Å². The molecule has 2 rings (SSSR count). The van der Waals surface area contributed by atoms with E-state index in [1.54, 1.807) is 0 Å². The Morgan fingerprint density at radius 3 is 2.26 bits per heavy atom. The maximum absolute atomic E-state index is 4.54. The van der Waals surface area contributed by atoms with Gasteiger partial charge >= 0.3 is 0 Å². The second-order valence-electron chi connectivity index (χ2n) is 4.83. The molecule has 0 atom stereocenters. The summed E-state index contributed by atoms with van der Waals surface area (Å²) in [6.07, 6.45) is 5.01. The lowest BCUT2D eigenvalue weighted by Gasteiger charge is -2.20. The molecule has 1 fully saturated rings. The molecule has 2 N–H and O–H groups in total. The van der Waals surface area contributed by atoms with Crippen molar-refractivity contribution in [3.05, 3.63) is 0 Å². The van der Waals surface area contributed by atoms with E-state index in [1.165, 1.54) is 25.7 Å². The predicted molar refractivity (Wildman–Crippen MR) is 78.8 cm³/mol. The largest absolute Gasteiger partial charge is 0.357 e. The van der Waals surface area contributed by atoms with Gasteiger partial charge in [-0.3, -0.25) is 0 Å². The maximum atomic E-state index is 4.54. The van der Waals surface area contributed by atoms with Crippen LogP contribution < -0.4 is 15.5 Å². The van der Waals surface area contributed by atoms with Gasteiger partial charge in [0.1, 0.15) is 0 Å². The van der Waals surface area contributed by atoms with Crippen molar-refractivity contribution in [1.29, 1.82) is 0 Å². The number of aromatic nitrogens is 3. The summed E-state index contributed by atoms with van der Waals surface area (Å²) in [5, 5.41) is 6.44. The summed E-state index contributed by atoms with van der Waals surface area (Å²) in [4.78, 5) is 15.5. The summed E-state index contributed by atoms with van der Waals surface area (Å²) >= 11 is 0. The van der Waals surface area contributed by atoms with Crippen LogP contribution in [-0.4, -0.2) is 41.1 Å². The summed E-state index contributed by atoms with van der Waals surface area (Å²) in [5.74, 6) is 2.05. The van der Waals surface area contributed by atoms with Crippen LogP contribution in [0.3, 0.4) is 0 Å². The fourth-order valence-electron chi connectivity index (χ4n) is 2.44. The van der Waals surface area contributed by atoms with E-state index in [-0.39, 0.29) is 0 Å². The van der Waals surface area contributed by atoms with Gasteiger partial charge in [0.2, 0.25) is 17.8 Å². The van der Waals surface area contributed by atoms with Crippen molar-refractivity contribution in [3.8, 4) is 0 Å². The van der Waals surface area contributed by atoms with Gasteiger partial charge in [0, 0.05) is 26.2 Å². The van der Waals surface area contributed by atoms with E-state index in [4.69, 9.17) is 0 Å². The monoisotopic (exact) mass is 264 g/mol. The van der Waals surface area contributed by atoms with Gasteiger partial charge in [-0.25, -0.2) is 0 Å². The van der Waals surface area contributed by atoms with Crippen LogP contribution in [0.25, 0.3) is 0 Å². The first-order valence-electron chi connectivity index (χ1n) is 7.22. The average molecular weight is 264 g/mol. The van der Waals surface area contributed by atoms with E-state index in [2.05, 4.69) is 44.3 Å². The molecular formula is C13H24N6. The Kier molecular flexibility index (Phi) is 4.76. The topological polar surface area (TPSA) is 66.0 Å². The zero-order valence-corrected chi connectivity index (χ0v) is 12.1. The number of nitrogens with one attached hydrogen (secondary N) is 2. The third-order valence-corrected chi connectivity index (χ3v) is 3.58. The lowest BCUT2D eigenvalue weighted by Crippen LogP contribution is -2.26. The number of hydrogen-bond donors (Lipinski definition) is 2. The van der Waals surface area contributed by atoms with Gasteiger partial charge in [-0.05, 0) is 26.7 Å². The molecule has 6 heteroatoms. The molecule has 1 aromatic rings. The fraction of sp³-hybridized carbons (Fsp3) is 0.769. The Morgan fingerprint density at radius 1 is 1.05 bits per heavy atom. The SMILES string of the molecule is CCN(CC)c1nc(NC)nc(NC2CCCC2)n1. The normalized spacial score (nSPS) is 15.5. The molecule has 1 heterocycles. The molecule has 19 heavy (non-hydrogen) atoms. The van der Waals surface area contributed by atoms with Crippen molar-refractivity contribution in [3.63, 3.8) is 0 Å². The van der Waals surface area contributed by atoms with Crippen LogP contribution in [-0.2, 0) is 0 Å². The van der Waals surface area contributed by atoms with E-state index < -0.39 is 0 Å². The molecule has 1 saturated carbocycles. The van der Waals surface area contributed by atoms with Crippen LogP contribution in [0.4, 0.5) is 17.8 Å². The van der Waals surface area contributed by atoms with Crippen LogP contribution in [0.2, 0.25) is 0 Å². The first-order valence-corrected chi connectivity index (χ1v) is 7.22. The van der Waals surface area contributed by atoms with Crippen molar-refractivity contribution >= 4 is 17.8 Å². The van der Waals surface area contributed by atoms with Gasteiger partial charge < -0.3 is 15.5 Å². The summed E-state index contributed by atoms with van der Waals surface area (Å²) in [6, 6.07) is 0.511. The van der Waals surface area contributed by atoms with Gasteiger partial charge in [0.25, 0.3) is 0 Å². The van der Waals surface area contributed by atoms with E-state index in [0.717, 1.165) is 19.0 Å². The minimum absolute atomic E-state index is 0.511. The van der Waals surface area contributed by atoms with Crippen LogP contribution in [0.5, 0.6) is 0 Å².